The Hall–Kier alpha value is -1.78. The first-order chi connectivity index (χ1) is 8.96. The third-order valence-electron chi connectivity index (χ3n) is 4.21. The molecule has 0 bridgehead atoms. The molecule has 2 rings (SSSR count). The molecule has 2 N–H and O–H groups in total. The lowest BCUT2D eigenvalue weighted by atomic mass is 9.86. The topological polar surface area (TPSA) is 71.3 Å². The maximum absolute atomic E-state index is 12.1. The first-order valence-corrected chi connectivity index (χ1v) is 6.60. The second-order valence-corrected chi connectivity index (χ2v) is 5.39. The van der Waals surface area contributed by atoms with Gasteiger partial charge in [-0.2, -0.15) is 0 Å². The molecule has 1 heterocycles. The highest BCUT2D eigenvalue weighted by Crippen LogP contribution is 2.37. The number of carbonyl (C=O) groups excluding carboxylic acids is 1. The first-order valence-electron chi connectivity index (χ1n) is 6.60. The molecule has 1 aliphatic rings. The molecule has 1 aromatic rings. The molecule has 0 saturated heterocycles. The van der Waals surface area contributed by atoms with Crippen LogP contribution in [-0.2, 0) is 11.8 Å². The number of nitrogens with zero attached hydrogens (tertiary/aromatic N) is 1. The quantitative estimate of drug-likeness (QED) is 0.869. The van der Waals surface area contributed by atoms with Gasteiger partial charge in [0.05, 0.1) is 5.41 Å². The Balaban J connectivity index is 2.04. The van der Waals surface area contributed by atoms with Crippen molar-refractivity contribution in [3.8, 4) is 0 Å². The molecule has 0 spiro atoms. The smallest absolute Gasteiger partial charge is 0.311 e. The monoisotopic (exact) mass is 264 g/mol. The van der Waals surface area contributed by atoms with Crippen molar-refractivity contribution < 1.29 is 14.7 Å². The van der Waals surface area contributed by atoms with Crippen molar-refractivity contribution in [2.45, 2.75) is 32.6 Å². The van der Waals surface area contributed by atoms with E-state index in [-0.39, 0.29) is 12.5 Å². The molecule has 0 unspecified atom stereocenters. The Morgan fingerprint density at radius 3 is 2.47 bits per heavy atom. The zero-order valence-electron chi connectivity index (χ0n) is 11.4. The molecule has 0 aliphatic heterocycles. The fourth-order valence-corrected chi connectivity index (χ4v) is 2.70. The highest BCUT2D eigenvalue weighted by molar-refractivity contribution is 5.93. The van der Waals surface area contributed by atoms with Crippen LogP contribution < -0.4 is 5.32 Å². The van der Waals surface area contributed by atoms with Gasteiger partial charge in [-0.05, 0) is 31.9 Å². The highest BCUT2D eigenvalue weighted by atomic mass is 16.4. The average molecular weight is 264 g/mol. The lowest BCUT2D eigenvalue weighted by Crippen LogP contribution is -2.41. The summed E-state index contributed by atoms with van der Waals surface area (Å²) in [4.78, 5) is 23.5. The fraction of sp³-hybridized carbons (Fsp3) is 0.571. The van der Waals surface area contributed by atoms with Gasteiger partial charge in [-0.3, -0.25) is 9.59 Å². The van der Waals surface area contributed by atoms with Crippen molar-refractivity contribution in [1.29, 1.82) is 0 Å². The largest absolute Gasteiger partial charge is 0.481 e. The van der Waals surface area contributed by atoms with E-state index in [4.69, 9.17) is 0 Å². The van der Waals surface area contributed by atoms with Gasteiger partial charge in [0.15, 0.2) is 0 Å². The Kier molecular flexibility index (Phi) is 3.64. The Morgan fingerprint density at radius 2 is 2.00 bits per heavy atom. The van der Waals surface area contributed by atoms with Crippen LogP contribution in [0.2, 0.25) is 0 Å². The average Bonchev–Trinajstić information content (AvgIpc) is 2.96. The molecule has 1 aromatic heterocycles. The van der Waals surface area contributed by atoms with E-state index < -0.39 is 11.4 Å². The molecule has 5 heteroatoms. The highest BCUT2D eigenvalue weighted by Gasteiger charge is 2.41. The summed E-state index contributed by atoms with van der Waals surface area (Å²) in [5.41, 5.74) is 0.797. The van der Waals surface area contributed by atoms with E-state index >= 15 is 0 Å². The van der Waals surface area contributed by atoms with Crippen LogP contribution in [0, 0.1) is 12.3 Å². The lowest BCUT2D eigenvalue weighted by Gasteiger charge is -2.24. The van der Waals surface area contributed by atoms with Gasteiger partial charge in [0.25, 0.3) is 5.91 Å². The van der Waals surface area contributed by atoms with Gasteiger partial charge in [-0.25, -0.2) is 0 Å². The normalized spacial score (nSPS) is 17.4. The molecule has 104 valence electrons. The summed E-state index contributed by atoms with van der Waals surface area (Å²) >= 11 is 0. The summed E-state index contributed by atoms with van der Waals surface area (Å²) in [6.45, 7) is 2.14. The summed E-state index contributed by atoms with van der Waals surface area (Å²) < 4.78 is 1.80. The van der Waals surface area contributed by atoms with Gasteiger partial charge in [0.2, 0.25) is 0 Å². The van der Waals surface area contributed by atoms with E-state index in [1.54, 1.807) is 10.6 Å². The number of carbonyl (C=O) groups is 2. The van der Waals surface area contributed by atoms with Crippen LogP contribution in [0.25, 0.3) is 0 Å². The van der Waals surface area contributed by atoms with Crippen molar-refractivity contribution in [3.63, 3.8) is 0 Å². The third kappa shape index (κ3) is 2.50. The van der Waals surface area contributed by atoms with Crippen molar-refractivity contribution >= 4 is 11.9 Å². The standard InChI is InChI=1S/C14H20N2O3/c1-10-5-6-11(16(10)2)12(17)15-9-14(13(18)19)7-3-4-8-14/h5-6H,3-4,7-9H2,1-2H3,(H,15,17)(H,18,19). The van der Waals surface area contributed by atoms with Crippen molar-refractivity contribution in [2.75, 3.05) is 6.54 Å². The van der Waals surface area contributed by atoms with Gasteiger partial charge >= 0.3 is 5.97 Å². The van der Waals surface area contributed by atoms with E-state index in [1.807, 2.05) is 20.0 Å². The Bertz CT molecular complexity index is 499. The maximum atomic E-state index is 12.1. The van der Waals surface area contributed by atoms with Crippen LogP contribution in [0.1, 0.15) is 41.9 Å². The molecule has 0 atom stereocenters. The molecule has 1 aliphatic carbocycles. The van der Waals surface area contributed by atoms with Crippen LogP contribution in [0.3, 0.4) is 0 Å². The summed E-state index contributed by atoms with van der Waals surface area (Å²) in [5.74, 6) is -1.00. The maximum Gasteiger partial charge on any atom is 0.311 e. The first kappa shape index (κ1) is 13.6. The van der Waals surface area contributed by atoms with E-state index in [9.17, 15) is 14.7 Å². The fourth-order valence-electron chi connectivity index (χ4n) is 2.70. The zero-order valence-corrected chi connectivity index (χ0v) is 11.4. The van der Waals surface area contributed by atoms with Crippen molar-refractivity contribution in [3.05, 3.63) is 23.5 Å². The summed E-state index contributed by atoms with van der Waals surface area (Å²) in [7, 11) is 1.83. The number of rotatable bonds is 4. The van der Waals surface area contributed by atoms with E-state index in [1.165, 1.54) is 0 Å². The van der Waals surface area contributed by atoms with Gasteiger partial charge in [-0.15, -0.1) is 0 Å². The predicted octanol–water partition coefficient (Wildman–Crippen LogP) is 1.71. The second-order valence-electron chi connectivity index (χ2n) is 5.39. The minimum atomic E-state index is -0.798. The summed E-state index contributed by atoms with van der Waals surface area (Å²) in [6, 6.07) is 3.63. The second kappa shape index (κ2) is 5.07. The third-order valence-corrected chi connectivity index (χ3v) is 4.21. The van der Waals surface area contributed by atoms with Gasteiger partial charge in [0.1, 0.15) is 5.69 Å². The van der Waals surface area contributed by atoms with E-state index in [2.05, 4.69) is 5.32 Å². The number of nitrogens with one attached hydrogen (secondary N) is 1. The summed E-state index contributed by atoms with van der Waals surface area (Å²) in [5, 5.41) is 12.1. The Morgan fingerprint density at radius 1 is 1.37 bits per heavy atom. The number of aromatic nitrogens is 1. The van der Waals surface area contributed by atoms with Crippen LogP contribution in [-0.4, -0.2) is 28.1 Å². The van der Waals surface area contributed by atoms with Gasteiger partial charge in [0, 0.05) is 19.3 Å². The molecule has 19 heavy (non-hydrogen) atoms. The molecule has 1 fully saturated rings. The predicted molar refractivity (Wildman–Crippen MR) is 71.0 cm³/mol. The molecule has 0 radical (unpaired) electrons. The number of aliphatic carboxylic acids is 1. The molecule has 5 nitrogen and oxygen atoms in total. The Labute approximate surface area is 112 Å². The SMILES string of the molecule is Cc1ccc(C(=O)NCC2(C(=O)O)CCCC2)n1C. The molecule has 0 aromatic carbocycles. The number of hydrogen-bond donors (Lipinski definition) is 2. The van der Waals surface area contributed by atoms with Gasteiger partial charge < -0.3 is 15.0 Å². The number of hydrogen-bond acceptors (Lipinski definition) is 2. The number of amides is 1. The van der Waals surface area contributed by atoms with E-state index in [0.29, 0.717) is 18.5 Å². The van der Waals surface area contributed by atoms with Crippen LogP contribution in [0.5, 0.6) is 0 Å². The molecular formula is C14H20N2O3. The van der Waals surface area contributed by atoms with Gasteiger partial charge in [-0.1, -0.05) is 12.8 Å². The number of carboxylic acid groups (broad SMARTS) is 1. The summed E-state index contributed by atoms with van der Waals surface area (Å²) in [6.07, 6.45) is 3.14. The minimum absolute atomic E-state index is 0.205. The lowest BCUT2D eigenvalue weighted by molar-refractivity contribution is -0.148. The molecule has 1 amide bonds. The van der Waals surface area contributed by atoms with Crippen molar-refractivity contribution in [1.82, 2.24) is 9.88 Å². The van der Waals surface area contributed by atoms with Crippen LogP contribution in [0.15, 0.2) is 12.1 Å². The van der Waals surface area contributed by atoms with Crippen LogP contribution >= 0.6 is 0 Å². The van der Waals surface area contributed by atoms with Crippen molar-refractivity contribution in [2.24, 2.45) is 12.5 Å². The van der Waals surface area contributed by atoms with Crippen LogP contribution in [0.4, 0.5) is 0 Å². The zero-order chi connectivity index (χ0) is 14.0. The number of aryl methyl sites for hydroxylation is 1. The van der Waals surface area contributed by atoms with E-state index in [0.717, 1.165) is 18.5 Å². The molecule has 1 saturated carbocycles. The number of carboxylic acids is 1. The molecular weight excluding hydrogens is 244 g/mol. The minimum Gasteiger partial charge on any atom is -0.481 e.